The number of nitrogens with two attached hydrogens (primary N) is 1. The van der Waals surface area contributed by atoms with E-state index in [1.54, 1.807) is 0 Å². The number of aliphatic hydroxyl groups is 1. The summed E-state index contributed by atoms with van der Waals surface area (Å²) in [4.78, 5) is 8.12. The SMILES string of the molecule is Cc1cc(NC(CO)Cc2ccccc2)nc(N)n1. The minimum atomic E-state index is -0.101. The highest BCUT2D eigenvalue weighted by Gasteiger charge is 2.10. The summed E-state index contributed by atoms with van der Waals surface area (Å²) in [6.07, 6.45) is 0.723. The summed E-state index contributed by atoms with van der Waals surface area (Å²) in [7, 11) is 0. The van der Waals surface area contributed by atoms with Crippen molar-refractivity contribution in [2.45, 2.75) is 19.4 Å². The first-order valence-corrected chi connectivity index (χ1v) is 6.20. The number of hydrogen-bond acceptors (Lipinski definition) is 5. The molecular weight excluding hydrogens is 240 g/mol. The van der Waals surface area contributed by atoms with Gasteiger partial charge in [0.2, 0.25) is 5.95 Å². The number of nitrogens with one attached hydrogen (secondary N) is 1. The first-order valence-electron chi connectivity index (χ1n) is 6.20. The van der Waals surface area contributed by atoms with E-state index in [2.05, 4.69) is 15.3 Å². The Morgan fingerprint density at radius 2 is 2.00 bits per heavy atom. The first-order chi connectivity index (χ1) is 9.17. The number of anilines is 2. The third kappa shape index (κ3) is 3.93. The molecule has 0 saturated heterocycles. The normalized spacial score (nSPS) is 12.1. The second-order valence-corrected chi connectivity index (χ2v) is 4.47. The topological polar surface area (TPSA) is 84.1 Å². The zero-order valence-electron chi connectivity index (χ0n) is 10.9. The minimum Gasteiger partial charge on any atom is -0.394 e. The van der Waals surface area contributed by atoms with Crippen molar-refractivity contribution in [1.29, 1.82) is 0 Å². The van der Waals surface area contributed by atoms with E-state index in [1.165, 1.54) is 0 Å². The van der Waals surface area contributed by atoms with Crippen molar-refractivity contribution in [3.05, 3.63) is 47.7 Å². The minimum absolute atomic E-state index is 0.0256. The molecule has 1 aromatic heterocycles. The lowest BCUT2D eigenvalue weighted by atomic mass is 10.1. The molecule has 2 rings (SSSR count). The summed E-state index contributed by atoms with van der Waals surface area (Å²) in [6.45, 7) is 1.88. The molecule has 0 fully saturated rings. The molecule has 0 radical (unpaired) electrons. The van der Waals surface area contributed by atoms with Gasteiger partial charge >= 0.3 is 0 Å². The zero-order chi connectivity index (χ0) is 13.7. The van der Waals surface area contributed by atoms with Crippen molar-refractivity contribution in [1.82, 2.24) is 9.97 Å². The zero-order valence-corrected chi connectivity index (χ0v) is 10.9. The molecule has 5 heteroatoms. The molecular formula is C14H18N4O. The Kier molecular flexibility index (Phi) is 4.30. The van der Waals surface area contributed by atoms with E-state index in [0.717, 1.165) is 17.7 Å². The summed E-state index contributed by atoms with van der Waals surface area (Å²) in [5.41, 5.74) is 7.56. The van der Waals surface area contributed by atoms with E-state index < -0.39 is 0 Å². The van der Waals surface area contributed by atoms with Gasteiger partial charge in [-0.25, -0.2) is 4.98 Å². The molecule has 1 heterocycles. The first kappa shape index (κ1) is 13.3. The fourth-order valence-corrected chi connectivity index (χ4v) is 1.93. The van der Waals surface area contributed by atoms with Crippen molar-refractivity contribution in [2.24, 2.45) is 0 Å². The molecule has 0 bridgehead atoms. The Labute approximate surface area is 112 Å². The highest BCUT2D eigenvalue weighted by atomic mass is 16.3. The number of aliphatic hydroxyl groups excluding tert-OH is 1. The Balaban J connectivity index is 2.06. The highest BCUT2D eigenvalue weighted by molar-refractivity contribution is 5.41. The number of hydrogen-bond donors (Lipinski definition) is 3. The fourth-order valence-electron chi connectivity index (χ4n) is 1.93. The summed E-state index contributed by atoms with van der Waals surface area (Å²) in [5.74, 6) is 0.874. The van der Waals surface area contributed by atoms with Crippen LogP contribution in [0.1, 0.15) is 11.3 Å². The van der Waals surface area contributed by atoms with E-state index in [1.807, 2.05) is 43.3 Å². The Bertz CT molecular complexity index is 510. The van der Waals surface area contributed by atoms with Gasteiger partial charge in [0.15, 0.2) is 0 Å². The van der Waals surface area contributed by atoms with Gasteiger partial charge in [-0.05, 0) is 18.9 Å². The molecule has 100 valence electrons. The summed E-state index contributed by atoms with van der Waals surface area (Å²) >= 11 is 0. The third-order valence-electron chi connectivity index (χ3n) is 2.77. The van der Waals surface area contributed by atoms with Gasteiger partial charge in [0.05, 0.1) is 12.6 Å². The van der Waals surface area contributed by atoms with Crippen LogP contribution in [0.3, 0.4) is 0 Å². The molecule has 0 saturated carbocycles. The van der Waals surface area contributed by atoms with Crippen LogP contribution in [0.2, 0.25) is 0 Å². The summed E-state index contributed by atoms with van der Waals surface area (Å²) in [5, 5.41) is 12.6. The van der Waals surface area contributed by atoms with Gasteiger partial charge in [-0.3, -0.25) is 0 Å². The van der Waals surface area contributed by atoms with Crippen LogP contribution in [0.5, 0.6) is 0 Å². The van der Waals surface area contributed by atoms with Crippen molar-refractivity contribution in [3.63, 3.8) is 0 Å². The number of nitrogens with zero attached hydrogens (tertiary/aromatic N) is 2. The maximum atomic E-state index is 9.45. The van der Waals surface area contributed by atoms with Crippen molar-refractivity contribution >= 4 is 11.8 Å². The Morgan fingerprint density at radius 1 is 1.26 bits per heavy atom. The van der Waals surface area contributed by atoms with Crippen LogP contribution >= 0.6 is 0 Å². The van der Waals surface area contributed by atoms with Crippen LogP contribution in [0, 0.1) is 6.92 Å². The van der Waals surface area contributed by atoms with Crippen LogP contribution in [0.15, 0.2) is 36.4 Å². The van der Waals surface area contributed by atoms with Gasteiger partial charge in [0.25, 0.3) is 0 Å². The molecule has 0 spiro atoms. The lowest BCUT2D eigenvalue weighted by molar-refractivity contribution is 0.273. The van der Waals surface area contributed by atoms with Crippen molar-refractivity contribution < 1.29 is 5.11 Å². The van der Waals surface area contributed by atoms with E-state index in [0.29, 0.717) is 5.82 Å². The van der Waals surface area contributed by atoms with Gasteiger partial charge in [-0.15, -0.1) is 0 Å². The number of rotatable bonds is 5. The molecule has 4 N–H and O–H groups in total. The predicted molar refractivity (Wildman–Crippen MR) is 75.8 cm³/mol. The molecule has 0 amide bonds. The molecule has 2 aromatic rings. The van der Waals surface area contributed by atoms with Crippen molar-refractivity contribution in [2.75, 3.05) is 17.7 Å². The number of benzene rings is 1. The highest BCUT2D eigenvalue weighted by Crippen LogP contribution is 2.11. The molecule has 0 aliphatic rings. The van der Waals surface area contributed by atoms with Gasteiger partial charge < -0.3 is 16.2 Å². The van der Waals surface area contributed by atoms with E-state index in [9.17, 15) is 5.11 Å². The van der Waals surface area contributed by atoms with E-state index in [4.69, 9.17) is 5.73 Å². The molecule has 19 heavy (non-hydrogen) atoms. The maximum Gasteiger partial charge on any atom is 0.222 e. The lowest BCUT2D eigenvalue weighted by Crippen LogP contribution is -2.27. The van der Waals surface area contributed by atoms with Gasteiger partial charge in [-0.2, -0.15) is 4.98 Å². The Morgan fingerprint density at radius 3 is 2.63 bits per heavy atom. The monoisotopic (exact) mass is 258 g/mol. The molecule has 0 aliphatic heterocycles. The average Bonchev–Trinajstić information content (AvgIpc) is 2.38. The fraction of sp³-hybridized carbons (Fsp3) is 0.286. The standard InChI is InChI=1S/C14H18N4O/c1-10-7-13(18-14(15)16-10)17-12(9-19)8-11-5-3-2-4-6-11/h2-7,12,19H,8-9H2,1H3,(H3,15,16,17,18). The lowest BCUT2D eigenvalue weighted by Gasteiger charge is -2.17. The van der Waals surface area contributed by atoms with E-state index >= 15 is 0 Å². The molecule has 0 aliphatic carbocycles. The average molecular weight is 258 g/mol. The number of aromatic nitrogens is 2. The molecule has 5 nitrogen and oxygen atoms in total. The number of nitrogen functional groups attached to an aromatic ring is 1. The van der Waals surface area contributed by atoms with Gasteiger partial charge in [0, 0.05) is 11.8 Å². The largest absolute Gasteiger partial charge is 0.394 e. The van der Waals surface area contributed by atoms with Crippen LogP contribution in [-0.4, -0.2) is 27.7 Å². The van der Waals surface area contributed by atoms with Gasteiger partial charge in [-0.1, -0.05) is 30.3 Å². The second kappa shape index (κ2) is 6.15. The quantitative estimate of drug-likeness (QED) is 0.754. The molecule has 1 atom stereocenters. The van der Waals surface area contributed by atoms with Gasteiger partial charge in [0.1, 0.15) is 5.82 Å². The molecule has 1 unspecified atom stereocenters. The third-order valence-corrected chi connectivity index (χ3v) is 2.77. The summed E-state index contributed by atoms with van der Waals surface area (Å²) in [6, 6.07) is 11.7. The maximum absolute atomic E-state index is 9.45. The number of aryl methyl sites for hydroxylation is 1. The van der Waals surface area contributed by atoms with Crippen LogP contribution < -0.4 is 11.1 Å². The van der Waals surface area contributed by atoms with Crippen LogP contribution in [0.25, 0.3) is 0 Å². The smallest absolute Gasteiger partial charge is 0.222 e. The van der Waals surface area contributed by atoms with Crippen LogP contribution in [-0.2, 0) is 6.42 Å². The Hall–Kier alpha value is -2.14. The van der Waals surface area contributed by atoms with Crippen molar-refractivity contribution in [3.8, 4) is 0 Å². The van der Waals surface area contributed by atoms with Crippen LogP contribution in [0.4, 0.5) is 11.8 Å². The second-order valence-electron chi connectivity index (χ2n) is 4.47. The van der Waals surface area contributed by atoms with E-state index in [-0.39, 0.29) is 18.6 Å². The molecule has 1 aromatic carbocycles. The summed E-state index contributed by atoms with van der Waals surface area (Å²) < 4.78 is 0. The predicted octanol–water partition coefficient (Wildman–Crippen LogP) is 1.38.